The van der Waals surface area contributed by atoms with E-state index < -0.39 is 0 Å². The van der Waals surface area contributed by atoms with Gasteiger partial charge in [0.05, 0.1) is 19.9 Å². The minimum Gasteiger partial charge on any atom is -0.493 e. The van der Waals surface area contributed by atoms with E-state index in [-0.39, 0.29) is 11.6 Å². The third-order valence-corrected chi connectivity index (χ3v) is 3.26. The van der Waals surface area contributed by atoms with Crippen molar-refractivity contribution < 1.29 is 18.7 Å². The molecule has 0 bridgehead atoms. The van der Waals surface area contributed by atoms with Crippen molar-refractivity contribution in [2.45, 2.75) is 6.92 Å². The number of ketones is 1. The van der Waals surface area contributed by atoms with Gasteiger partial charge in [0.1, 0.15) is 5.82 Å². The maximum Gasteiger partial charge on any atom is 0.187 e. The Balaban J connectivity index is 2.11. The van der Waals surface area contributed by atoms with Crippen LogP contribution in [-0.4, -0.2) is 20.0 Å². The van der Waals surface area contributed by atoms with E-state index in [1.807, 2.05) is 6.92 Å². The topological polar surface area (TPSA) is 47.6 Å². The van der Waals surface area contributed by atoms with E-state index >= 15 is 0 Å². The van der Waals surface area contributed by atoms with Gasteiger partial charge in [0, 0.05) is 17.8 Å². The van der Waals surface area contributed by atoms with Crippen LogP contribution in [0.3, 0.4) is 0 Å². The molecule has 0 amide bonds. The summed E-state index contributed by atoms with van der Waals surface area (Å²) in [5.41, 5.74) is 1.69. The molecule has 0 heterocycles. The van der Waals surface area contributed by atoms with E-state index in [0.29, 0.717) is 22.7 Å². The lowest BCUT2D eigenvalue weighted by Gasteiger charge is -2.08. The third-order valence-electron chi connectivity index (χ3n) is 3.26. The molecule has 23 heavy (non-hydrogen) atoms. The van der Waals surface area contributed by atoms with Gasteiger partial charge in [-0.3, -0.25) is 4.79 Å². The molecule has 0 radical (unpaired) electrons. The molecule has 0 aliphatic carbocycles. The van der Waals surface area contributed by atoms with Crippen LogP contribution in [0.1, 0.15) is 15.9 Å². The fraction of sp³-hybridized carbons (Fsp3) is 0.167. The molecule has 2 aromatic carbocycles. The average Bonchev–Trinajstić information content (AvgIpc) is 2.57. The van der Waals surface area contributed by atoms with E-state index in [0.717, 1.165) is 5.56 Å². The summed E-state index contributed by atoms with van der Waals surface area (Å²) >= 11 is 0. The van der Waals surface area contributed by atoms with Crippen molar-refractivity contribution in [2.75, 3.05) is 19.5 Å². The Morgan fingerprint density at radius 2 is 1.83 bits per heavy atom. The van der Waals surface area contributed by atoms with Crippen molar-refractivity contribution in [2.24, 2.45) is 0 Å². The second-order valence-electron chi connectivity index (χ2n) is 4.89. The van der Waals surface area contributed by atoms with Gasteiger partial charge in [0.2, 0.25) is 0 Å². The molecule has 0 saturated carbocycles. The lowest BCUT2D eigenvalue weighted by atomic mass is 10.1. The Bertz CT molecular complexity index is 741. The summed E-state index contributed by atoms with van der Waals surface area (Å²) in [6.45, 7) is 1.86. The molecule has 0 atom stereocenters. The second kappa shape index (κ2) is 7.45. The summed E-state index contributed by atoms with van der Waals surface area (Å²) < 4.78 is 23.9. The van der Waals surface area contributed by atoms with Gasteiger partial charge in [-0.15, -0.1) is 0 Å². The molecule has 0 fully saturated rings. The van der Waals surface area contributed by atoms with Crippen molar-refractivity contribution in [1.29, 1.82) is 0 Å². The highest BCUT2D eigenvalue weighted by molar-refractivity contribution is 6.05. The highest BCUT2D eigenvalue weighted by atomic mass is 19.1. The number of aryl methyl sites for hydroxylation is 1. The van der Waals surface area contributed by atoms with Crippen LogP contribution in [-0.2, 0) is 0 Å². The normalized spacial score (nSPS) is 10.6. The zero-order chi connectivity index (χ0) is 16.8. The van der Waals surface area contributed by atoms with Crippen LogP contribution in [0, 0.1) is 12.7 Å². The fourth-order valence-electron chi connectivity index (χ4n) is 2.04. The quantitative estimate of drug-likeness (QED) is 0.647. The van der Waals surface area contributed by atoms with Crippen LogP contribution in [0.4, 0.5) is 10.1 Å². The standard InChI is InChI=1S/C18H18FNO3/c1-12-4-6-14(19)15(10-12)20-9-8-16(21)13-5-7-17(22-2)18(11-13)23-3/h4-11,20H,1-3H3. The lowest BCUT2D eigenvalue weighted by molar-refractivity contribution is 0.104. The molecule has 4 nitrogen and oxygen atoms in total. The maximum absolute atomic E-state index is 13.6. The predicted molar refractivity (Wildman–Crippen MR) is 87.8 cm³/mol. The van der Waals surface area contributed by atoms with E-state index in [4.69, 9.17) is 9.47 Å². The van der Waals surface area contributed by atoms with Gasteiger partial charge >= 0.3 is 0 Å². The Labute approximate surface area is 134 Å². The van der Waals surface area contributed by atoms with Crippen molar-refractivity contribution in [3.8, 4) is 11.5 Å². The fourth-order valence-corrected chi connectivity index (χ4v) is 2.04. The van der Waals surface area contributed by atoms with E-state index in [1.54, 1.807) is 30.3 Å². The number of methoxy groups -OCH3 is 2. The first-order valence-electron chi connectivity index (χ1n) is 7.00. The molecule has 1 N–H and O–H groups in total. The van der Waals surface area contributed by atoms with Crippen molar-refractivity contribution >= 4 is 11.5 Å². The summed E-state index contributed by atoms with van der Waals surface area (Å²) in [6, 6.07) is 9.62. The van der Waals surface area contributed by atoms with Gasteiger partial charge < -0.3 is 14.8 Å². The Hall–Kier alpha value is -2.82. The van der Waals surface area contributed by atoms with Crippen LogP contribution in [0.15, 0.2) is 48.7 Å². The van der Waals surface area contributed by atoms with Gasteiger partial charge in [-0.2, -0.15) is 0 Å². The number of allylic oxidation sites excluding steroid dienone is 1. The third kappa shape index (κ3) is 4.10. The lowest BCUT2D eigenvalue weighted by Crippen LogP contribution is -1.99. The van der Waals surface area contributed by atoms with Gasteiger partial charge in [0.15, 0.2) is 17.3 Å². The first kappa shape index (κ1) is 16.5. The van der Waals surface area contributed by atoms with Gasteiger partial charge in [0.25, 0.3) is 0 Å². The van der Waals surface area contributed by atoms with Gasteiger partial charge in [-0.25, -0.2) is 4.39 Å². The smallest absolute Gasteiger partial charge is 0.187 e. The van der Waals surface area contributed by atoms with Crippen molar-refractivity contribution in [3.05, 3.63) is 65.6 Å². The SMILES string of the molecule is COc1ccc(C(=O)C=CNc2cc(C)ccc2F)cc1OC. The molecule has 0 aromatic heterocycles. The number of nitrogens with one attached hydrogen (secondary N) is 1. The highest BCUT2D eigenvalue weighted by Gasteiger charge is 2.08. The molecule has 0 spiro atoms. The van der Waals surface area contributed by atoms with E-state index in [2.05, 4.69) is 5.32 Å². The largest absolute Gasteiger partial charge is 0.493 e. The molecule has 0 unspecified atom stereocenters. The van der Waals surface area contributed by atoms with Crippen molar-refractivity contribution in [3.63, 3.8) is 0 Å². The zero-order valence-electron chi connectivity index (χ0n) is 13.2. The number of ether oxygens (including phenoxy) is 2. The molecule has 2 aromatic rings. The zero-order valence-corrected chi connectivity index (χ0v) is 13.2. The van der Waals surface area contributed by atoms with Crippen molar-refractivity contribution in [1.82, 2.24) is 0 Å². The van der Waals surface area contributed by atoms with E-state index in [1.165, 1.54) is 32.6 Å². The number of benzene rings is 2. The Morgan fingerprint density at radius 3 is 2.52 bits per heavy atom. The molecule has 120 valence electrons. The number of rotatable bonds is 6. The minimum atomic E-state index is -0.376. The van der Waals surface area contributed by atoms with E-state index in [9.17, 15) is 9.18 Å². The van der Waals surface area contributed by atoms with Crippen LogP contribution >= 0.6 is 0 Å². The highest BCUT2D eigenvalue weighted by Crippen LogP contribution is 2.27. The van der Waals surface area contributed by atoms with Crippen LogP contribution in [0.2, 0.25) is 0 Å². The Morgan fingerprint density at radius 1 is 1.09 bits per heavy atom. The summed E-state index contributed by atoms with van der Waals surface area (Å²) in [5.74, 6) is 0.419. The summed E-state index contributed by atoms with van der Waals surface area (Å²) in [7, 11) is 3.03. The molecule has 0 saturated heterocycles. The number of hydrogen-bond acceptors (Lipinski definition) is 4. The molecular formula is C18H18FNO3. The molecule has 5 heteroatoms. The first-order valence-corrected chi connectivity index (χ1v) is 7.00. The van der Waals surface area contributed by atoms with Gasteiger partial charge in [-0.05, 0) is 42.8 Å². The second-order valence-corrected chi connectivity index (χ2v) is 4.89. The maximum atomic E-state index is 13.6. The molecule has 2 rings (SSSR count). The van der Waals surface area contributed by atoms with Crippen LogP contribution < -0.4 is 14.8 Å². The Kier molecular flexibility index (Phi) is 5.36. The molecule has 0 aliphatic heterocycles. The minimum absolute atomic E-state index is 0.230. The van der Waals surface area contributed by atoms with Crippen LogP contribution in [0.25, 0.3) is 0 Å². The summed E-state index contributed by atoms with van der Waals surface area (Å²) in [6.07, 6.45) is 2.75. The monoisotopic (exact) mass is 315 g/mol. The summed E-state index contributed by atoms with van der Waals surface area (Å²) in [5, 5.41) is 2.77. The number of hydrogen-bond donors (Lipinski definition) is 1. The average molecular weight is 315 g/mol. The van der Waals surface area contributed by atoms with Crippen LogP contribution in [0.5, 0.6) is 11.5 Å². The molecule has 0 aliphatic rings. The number of halogens is 1. The predicted octanol–water partition coefficient (Wildman–Crippen LogP) is 3.96. The number of anilines is 1. The molecular weight excluding hydrogens is 297 g/mol. The number of carbonyl (C=O) groups is 1. The van der Waals surface area contributed by atoms with Gasteiger partial charge in [-0.1, -0.05) is 6.07 Å². The summed E-state index contributed by atoms with van der Waals surface area (Å²) in [4.78, 5) is 12.1. The number of carbonyl (C=O) groups excluding carboxylic acids is 1. The first-order chi connectivity index (χ1) is 11.0.